The lowest BCUT2D eigenvalue weighted by Gasteiger charge is -2.24. The minimum absolute atomic E-state index is 0.143. The van der Waals surface area contributed by atoms with E-state index in [1.165, 1.54) is 6.92 Å². The molecule has 5 nitrogen and oxygen atoms in total. The van der Waals surface area contributed by atoms with Crippen molar-refractivity contribution in [3.8, 4) is 0 Å². The van der Waals surface area contributed by atoms with Gasteiger partial charge >= 0.3 is 12.1 Å². The molecule has 0 aliphatic carbocycles. The van der Waals surface area contributed by atoms with Crippen molar-refractivity contribution in [2.75, 3.05) is 4.90 Å². The number of halogens is 3. The van der Waals surface area contributed by atoms with Crippen LogP contribution in [0.5, 0.6) is 0 Å². The summed E-state index contributed by atoms with van der Waals surface area (Å²) in [6, 6.07) is 0.484. The van der Waals surface area contributed by atoms with Crippen LogP contribution in [0.15, 0.2) is 18.3 Å². The number of nitrogens with zero attached hydrogens (tertiary/aromatic N) is 2. The molecule has 0 radical (unpaired) electrons. The quantitative estimate of drug-likeness (QED) is 0.915. The van der Waals surface area contributed by atoms with Crippen LogP contribution in [0.1, 0.15) is 19.4 Å². The summed E-state index contributed by atoms with van der Waals surface area (Å²) in [5.41, 5.74) is -0.970. The average Bonchev–Trinajstić information content (AvgIpc) is 2.28. The summed E-state index contributed by atoms with van der Waals surface area (Å²) in [7, 11) is 0. The van der Waals surface area contributed by atoms with Crippen LogP contribution in [0, 0.1) is 0 Å². The molecule has 1 aromatic heterocycles. The van der Waals surface area contributed by atoms with Gasteiger partial charge in [-0.05, 0) is 19.1 Å². The van der Waals surface area contributed by atoms with Crippen LogP contribution >= 0.6 is 0 Å². The first-order chi connectivity index (χ1) is 8.64. The third-order valence-electron chi connectivity index (χ3n) is 2.41. The summed E-state index contributed by atoms with van der Waals surface area (Å²) in [6.07, 6.45) is -3.98. The maximum absolute atomic E-state index is 12.4. The first-order valence-electron chi connectivity index (χ1n) is 5.20. The van der Waals surface area contributed by atoms with Crippen LogP contribution in [0.3, 0.4) is 0 Å². The second kappa shape index (κ2) is 5.25. The van der Waals surface area contributed by atoms with Crippen molar-refractivity contribution >= 4 is 17.7 Å². The van der Waals surface area contributed by atoms with E-state index in [2.05, 4.69) is 4.98 Å². The number of carbonyl (C=O) groups is 2. The highest BCUT2D eigenvalue weighted by Crippen LogP contribution is 2.29. The number of aromatic nitrogens is 1. The standard InChI is InChI=1S/C11H11F3N2O3/c1-6(10(18)19)16(7(2)17)9-4-3-8(5-15-9)11(12,13)14/h3-6H,1-2H3,(H,18,19). The van der Waals surface area contributed by atoms with Crippen molar-refractivity contribution in [1.82, 2.24) is 4.98 Å². The zero-order valence-electron chi connectivity index (χ0n) is 10.1. The second-order valence-electron chi connectivity index (χ2n) is 3.81. The molecule has 0 saturated carbocycles. The predicted molar refractivity (Wildman–Crippen MR) is 59.5 cm³/mol. The third-order valence-corrected chi connectivity index (χ3v) is 2.41. The van der Waals surface area contributed by atoms with Crippen LogP contribution in [0.2, 0.25) is 0 Å². The molecule has 19 heavy (non-hydrogen) atoms. The summed E-state index contributed by atoms with van der Waals surface area (Å²) in [5.74, 6) is -2.05. The van der Waals surface area contributed by atoms with Gasteiger partial charge in [-0.1, -0.05) is 0 Å². The summed E-state index contributed by atoms with van der Waals surface area (Å²) in [4.78, 5) is 26.5. The minimum atomic E-state index is -4.54. The van der Waals surface area contributed by atoms with E-state index in [0.29, 0.717) is 6.20 Å². The number of hydrogen-bond donors (Lipinski definition) is 1. The second-order valence-corrected chi connectivity index (χ2v) is 3.81. The van der Waals surface area contributed by atoms with Gasteiger partial charge in [0.25, 0.3) is 0 Å². The van der Waals surface area contributed by atoms with Crippen molar-refractivity contribution in [3.05, 3.63) is 23.9 Å². The lowest BCUT2D eigenvalue weighted by atomic mass is 10.2. The molecule has 0 saturated heterocycles. The van der Waals surface area contributed by atoms with Crippen molar-refractivity contribution < 1.29 is 27.9 Å². The molecule has 0 aromatic carbocycles. The van der Waals surface area contributed by atoms with Gasteiger partial charge in [0.05, 0.1) is 5.56 Å². The molecule has 0 bridgehead atoms. The first kappa shape index (κ1) is 14.9. The maximum Gasteiger partial charge on any atom is 0.417 e. The fourth-order valence-electron chi connectivity index (χ4n) is 1.44. The number of alkyl halides is 3. The number of rotatable bonds is 3. The Labute approximate surface area is 106 Å². The molecule has 0 fully saturated rings. The largest absolute Gasteiger partial charge is 0.480 e. The average molecular weight is 276 g/mol. The number of amides is 1. The van der Waals surface area contributed by atoms with Crippen molar-refractivity contribution in [2.45, 2.75) is 26.1 Å². The Kier molecular flexibility index (Phi) is 4.13. The lowest BCUT2D eigenvalue weighted by Crippen LogP contribution is -2.42. The monoisotopic (exact) mass is 276 g/mol. The zero-order valence-corrected chi connectivity index (χ0v) is 10.1. The molecule has 104 valence electrons. The normalized spacial score (nSPS) is 12.9. The van der Waals surface area contributed by atoms with E-state index >= 15 is 0 Å². The highest BCUT2D eigenvalue weighted by molar-refractivity contribution is 5.96. The molecule has 0 spiro atoms. The molecule has 1 unspecified atom stereocenters. The topological polar surface area (TPSA) is 70.5 Å². The summed E-state index contributed by atoms with van der Waals surface area (Å²) < 4.78 is 37.1. The van der Waals surface area contributed by atoms with E-state index < -0.39 is 29.7 Å². The van der Waals surface area contributed by atoms with Gasteiger partial charge in [-0.15, -0.1) is 0 Å². The number of aliphatic carboxylic acids is 1. The van der Waals surface area contributed by atoms with Crippen LogP contribution in [-0.2, 0) is 15.8 Å². The summed E-state index contributed by atoms with van der Waals surface area (Å²) in [5, 5.41) is 8.84. The molecule has 8 heteroatoms. The van der Waals surface area contributed by atoms with E-state index in [1.54, 1.807) is 0 Å². The highest BCUT2D eigenvalue weighted by atomic mass is 19.4. The van der Waals surface area contributed by atoms with Crippen molar-refractivity contribution in [2.24, 2.45) is 0 Å². The zero-order chi connectivity index (χ0) is 14.8. The summed E-state index contributed by atoms with van der Waals surface area (Å²) in [6.45, 7) is 2.35. The fraction of sp³-hybridized carbons (Fsp3) is 0.364. The summed E-state index contributed by atoms with van der Waals surface area (Å²) >= 11 is 0. The van der Waals surface area contributed by atoms with Gasteiger partial charge in [-0.3, -0.25) is 9.69 Å². The molecule has 1 amide bonds. The molecule has 1 aromatic rings. The number of carbonyl (C=O) groups excluding carboxylic acids is 1. The van der Waals surface area contributed by atoms with Gasteiger partial charge in [0.1, 0.15) is 11.9 Å². The Morgan fingerprint density at radius 1 is 1.37 bits per heavy atom. The number of hydrogen-bond acceptors (Lipinski definition) is 3. The van der Waals surface area contributed by atoms with E-state index in [9.17, 15) is 22.8 Å². The Balaban J connectivity index is 3.12. The van der Waals surface area contributed by atoms with E-state index in [0.717, 1.165) is 24.0 Å². The first-order valence-corrected chi connectivity index (χ1v) is 5.20. The van der Waals surface area contributed by atoms with Gasteiger partial charge < -0.3 is 5.11 Å². The third kappa shape index (κ3) is 3.43. The van der Waals surface area contributed by atoms with Gasteiger partial charge in [0.2, 0.25) is 5.91 Å². The van der Waals surface area contributed by atoms with E-state index in [1.807, 2.05) is 0 Å². The Morgan fingerprint density at radius 2 is 1.95 bits per heavy atom. The highest BCUT2D eigenvalue weighted by Gasteiger charge is 2.32. The van der Waals surface area contributed by atoms with Crippen LogP contribution < -0.4 is 4.90 Å². The Morgan fingerprint density at radius 3 is 2.26 bits per heavy atom. The van der Waals surface area contributed by atoms with Crippen LogP contribution in [0.4, 0.5) is 19.0 Å². The van der Waals surface area contributed by atoms with Crippen molar-refractivity contribution in [3.63, 3.8) is 0 Å². The molecule has 1 atom stereocenters. The SMILES string of the molecule is CC(=O)N(c1ccc(C(F)(F)F)cn1)C(C)C(=O)O. The Bertz CT molecular complexity index is 485. The maximum atomic E-state index is 12.4. The molecule has 0 aliphatic rings. The molecule has 0 aliphatic heterocycles. The van der Waals surface area contributed by atoms with Gasteiger partial charge in [0.15, 0.2) is 0 Å². The van der Waals surface area contributed by atoms with Gasteiger partial charge in [-0.25, -0.2) is 9.78 Å². The predicted octanol–water partition coefficient (Wildman–Crippen LogP) is 1.93. The number of carboxylic acids is 1. The smallest absolute Gasteiger partial charge is 0.417 e. The number of pyridine rings is 1. The molecule has 1 rings (SSSR count). The van der Waals surface area contributed by atoms with Crippen LogP contribution in [0.25, 0.3) is 0 Å². The molecule has 1 N–H and O–H groups in total. The van der Waals surface area contributed by atoms with E-state index in [-0.39, 0.29) is 5.82 Å². The molecular formula is C11H11F3N2O3. The molecule has 1 heterocycles. The van der Waals surface area contributed by atoms with E-state index in [4.69, 9.17) is 5.11 Å². The lowest BCUT2D eigenvalue weighted by molar-refractivity contribution is -0.140. The molecular weight excluding hydrogens is 265 g/mol. The Hall–Kier alpha value is -2.12. The van der Waals surface area contributed by atoms with Crippen LogP contribution in [-0.4, -0.2) is 28.0 Å². The number of carboxylic acid groups (broad SMARTS) is 1. The number of anilines is 1. The van der Waals surface area contributed by atoms with Crippen molar-refractivity contribution in [1.29, 1.82) is 0 Å². The fourth-order valence-corrected chi connectivity index (χ4v) is 1.44. The minimum Gasteiger partial charge on any atom is -0.480 e. The van der Waals surface area contributed by atoms with Gasteiger partial charge in [-0.2, -0.15) is 13.2 Å². The van der Waals surface area contributed by atoms with Gasteiger partial charge in [0, 0.05) is 13.1 Å².